The summed E-state index contributed by atoms with van der Waals surface area (Å²) >= 11 is 0. The lowest BCUT2D eigenvalue weighted by molar-refractivity contribution is 0.102. The largest absolute Gasteiger partial charge is 0.497 e. The predicted octanol–water partition coefficient (Wildman–Crippen LogP) is 6.07. The number of nitrogens with one attached hydrogen (secondary N) is 1. The van der Waals surface area contributed by atoms with Gasteiger partial charge in [0, 0.05) is 16.6 Å². The van der Waals surface area contributed by atoms with Gasteiger partial charge in [-0.05, 0) is 67.9 Å². The molecule has 0 atom stereocenters. The van der Waals surface area contributed by atoms with Gasteiger partial charge in [-0.1, -0.05) is 18.2 Å². The van der Waals surface area contributed by atoms with Crippen LogP contribution >= 0.6 is 0 Å². The van der Waals surface area contributed by atoms with Crippen LogP contribution in [0.4, 0.5) is 5.69 Å². The Morgan fingerprint density at radius 1 is 1.00 bits per heavy atom. The fraction of sp³-hybridized carbons (Fsp3) is 0.160. The quantitative estimate of drug-likeness (QED) is 0.426. The molecular weight excluding hydrogens is 378 g/mol. The highest BCUT2D eigenvalue weighted by molar-refractivity contribution is 6.16. The van der Waals surface area contributed by atoms with Crippen molar-refractivity contribution in [2.24, 2.45) is 0 Å². The van der Waals surface area contributed by atoms with Crippen molar-refractivity contribution in [2.75, 3.05) is 19.0 Å². The average molecular weight is 401 g/mol. The van der Waals surface area contributed by atoms with Gasteiger partial charge in [0.05, 0.1) is 19.3 Å². The summed E-state index contributed by atoms with van der Waals surface area (Å²) in [6.45, 7) is 4.42. The van der Waals surface area contributed by atoms with E-state index in [0.29, 0.717) is 34.6 Å². The SMILES string of the molecule is CCOc1ccc2oc(-c3ccc(OC)cc3)c(C(=O)Nc3ccccc3C)c2c1. The van der Waals surface area contributed by atoms with Gasteiger partial charge in [0.1, 0.15) is 22.8 Å². The first-order valence-electron chi connectivity index (χ1n) is 9.81. The molecule has 0 radical (unpaired) electrons. The number of benzene rings is 3. The summed E-state index contributed by atoms with van der Waals surface area (Å²) < 4.78 is 17.0. The molecule has 30 heavy (non-hydrogen) atoms. The molecule has 0 saturated carbocycles. The monoisotopic (exact) mass is 401 g/mol. The summed E-state index contributed by atoms with van der Waals surface area (Å²) in [5.41, 5.74) is 3.64. The molecular formula is C25H23NO4. The number of anilines is 1. The standard InChI is InChI=1S/C25H23NO4/c1-4-29-19-13-14-22-20(15-19)23(25(27)26-21-8-6-5-7-16(21)2)24(30-22)17-9-11-18(28-3)12-10-17/h5-15H,4H2,1-3H3,(H,26,27). The molecule has 4 aromatic rings. The van der Waals surface area contributed by atoms with Crippen LogP contribution in [-0.2, 0) is 0 Å². The van der Waals surface area contributed by atoms with Crippen molar-refractivity contribution >= 4 is 22.6 Å². The molecule has 1 heterocycles. The Balaban J connectivity index is 1.85. The number of furan rings is 1. The first-order chi connectivity index (χ1) is 14.6. The van der Waals surface area contributed by atoms with Crippen molar-refractivity contribution < 1.29 is 18.7 Å². The summed E-state index contributed by atoms with van der Waals surface area (Å²) in [5, 5.41) is 3.73. The van der Waals surface area contributed by atoms with Gasteiger partial charge in [0.25, 0.3) is 5.91 Å². The normalized spacial score (nSPS) is 10.8. The number of rotatable bonds is 6. The van der Waals surface area contributed by atoms with E-state index in [4.69, 9.17) is 13.9 Å². The zero-order chi connectivity index (χ0) is 21.1. The van der Waals surface area contributed by atoms with Gasteiger partial charge in [0.2, 0.25) is 0 Å². The van der Waals surface area contributed by atoms with Crippen LogP contribution in [0.3, 0.4) is 0 Å². The molecule has 4 rings (SSSR count). The molecule has 1 aromatic heterocycles. The third-order valence-electron chi connectivity index (χ3n) is 4.94. The average Bonchev–Trinajstić information content (AvgIpc) is 3.14. The molecule has 0 saturated heterocycles. The fourth-order valence-corrected chi connectivity index (χ4v) is 3.40. The number of carbonyl (C=O) groups is 1. The minimum absolute atomic E-state index is 0.234. The summed E-state index contributed by atoms with van der Waals surface area (Å²) in [5.74, 6) is 1.70. The van der Waals surface area contributed by atoms with Crippen LogP contribution in [0.1, 0.15) is 22.8 Å². The van der Waals surface area contributed by atoms with Crippen LogP contribution < -0.4 is 14.8 Å². The molecule has 0 spiro atoms. The number of aryl methyl sites for hydroxylation is 1. The van der Waals surface area contributed by atoms with Gasteiger partial charge in [-0.2, -0.15) is 0 Å². The second-order valence-corrected chi connectivity index (χ2v) is 6.89. The van der Waals surface area contributed by atoms with Gasteiger partial charge >= 0.3 is 0 Å². The molecule has 3 aromatic carbocycles. The molecule has 0 bridgehead atoms. The molecule has 5 nitrogen and oxygen atoms in total. The van der Waals surface area contributed by atoms with Crippen LogP contribution in [0, 0.1) is 6.92 Å². The van der Waals surface area contributed by atoms with E-state index in [2.05, 4.69) is 5.32 Å². The fourth-order valence-electron chi connectivity index (χ4n) is 3.40. The summed E-state index contributed by atoms with van der Waals surface area (Å²) in [6.07, 6.45) is 0. The Labute approximate surface area is 175 Å². The molecule has 5 heteroatoms. The van der Waals surface area contributed by atoms with Crippen molar-refractivity contribution in [3.63, 3.8) is 0 Å². The van der Waals surface area contributed by atoms with E-state index in [1.54, 1.807) is 7.11 Å². The number of fused-ring (bicyclic) bond motifs is 1. The molecule has 0 unspecified atom stereocenters. The Morgan fingerprint density at radius 3 is 2.43 bits per heavy atom. The highest BCUT2D eigenvalue weighted by atomic mass is 16.5. The van der Waals surface area contributed by atoms with Crippen LogP contribution in [0.2, 0.25) is 0 Å². The second kappa shape index (κ2) is 8.33. The van der Waals surface area contributed by atoms with E-state index >= 15 is 0 Å². The third kappa shape index (κ3) is 3.74. The molecule has 0 aliphatic carbocycles. The minimum atomic E-state index is -0.234. The maximum atomic E-state index is 13.4. The van der Waals surface area contributed by atoms with E-state index in [1.165, 1.54) is 0 Å². The van der Waals surface area contributed by atoms with Gasteiger partial charge in [0.15, 0.2) is 0 Å². The number of methoxy groups -OCH3 is 1. The maximum Gasteiger partial charge on any atom is 0.260 e. The van der Waals surface area contributed by atoms with Crippen LogP contribution in [0.25, 0.3) is 22.3 Å². The Bertz CT molecular complexity index is 1190. The number of amides is 1. The third-order valence-corrected chi connectivity index (χ3v) is 4.94. The van der Waals surface area contributed by atoms with Gasteiger partial charge in [-0.15, -0.1) is 0 Å². The molecule has 0 fully saturated rings. The zero-order valence-corrected chi connectivity index (χ0v) is 17.2. The first kappa shape index (κ1) is 19.6. The van der Waals surface area contributed by atoms with Crippen molar-refractivity contribution in [3.8, 4) is 22.8 Å². The lowest BCUT2D eigenvalue weighted by Crippen LogP contribution is -2.13. The van der Waals surface area contributed by atoms with E-state index in [0.717, 1.165) is 22.6 Å². The number of carbonyl (C=O) groups excluding carboxylic acids is 1. The topological polar surface area (TPSA) is 60.7 Å². The minimum Gasteiger partial charge on any atom is -0.497 e. The molecule has 0 aliphatic heterocycles. The van der Waals surface area contributed by atoms with Gasteiger partial charge in [-0.3, -0.25) is 4.79 Å². The van der Waals surface area contributed by atoms with Gasteiger partial charge in [-0.25, -0.2) is 0 Å². The lowest BCUT2D eigenvalue weighted by atomic mass is 10.0. The smallest absolute Gasteiger partial charge is 0.260 e. The van der Waals surface area contributed by atoms with Crippen LogP contribution in [0.15, 0.2) is 71.1 Å². The van der Waals surface area contributed by atoms with E-state index in [-0.39, 0.29) is 5.91 Å². The van der Waals surface area contributed by atoms with Crippen LogP contribution in [-0.4, -0.2) is 19.6 Å². The van der Waals surface area contributed by atoms with E-state index in [1.807, 2.05) is 80.6 Å². The number of para-hydroxylation sites is 1. The van der Waals surface area contributed by atoms with E-state index in [9.17, 15) is 4.79 Å². The Hall–Kier alpha value is -3.73. The van der Waals surface area contributed by atoms with Crippen molar-refractivity contribution in [1.82, 2.24) is 0 Å². The second-order valence-electron chi connectivity index (χ2n) is 6.89. The Kier molecular flexibility index (Phi) is 5.44. The molecule has 1 amide bonds. The zero-order valence-electron chi connectivity index (χ0n) is 17.2. The Morgan fingerprint density at radius 2 is 1.73 bits per heavy atom. The lowest BCUT2D eigenvalue weighted by Gasteiger charge is -2.09. The summed E-state index contributed by atoms with van der Waals surface area (Å²) in [7, 11) is 1.62. The highest BCUT2D eigenvalue weighted by Gasteiger charge is 2.23. The maximum absolute atomic E-state index is 13.4. The molecule has 0 aliphatic rings. The highest BCUT2D eigenvalue weighted by Crippen LogP contribution is 2.36. The van der Waals surface area contributed by atoms with Gasteiger partial charge < -0.3 is 19.2 Å². The summed E-state index contributed by atoms with van der Waals surface area (Å²) in [6, 6.07) is 20.7. The number of hydrogen-bond acceptors (Lipinski definition) is 4. The first-order valence-corrected chi connectivity index (χ1v) is 9.81. The van der Waals surface area contributed by atoms with Crippen molar-refractivity contribution in [2.45, 2.75) is 13.8 Å². The number of ether oxygens (including phenoxy) is 2. The van der Waals surface area contributed by atoms with Crippen LogP contribution in [0.5, 0.6) is 11.5 Å². The number of hydrogen-bond donors (Lipinski definition) is 1. The molecule has 1 N–H and O–H groups in total. The summed E-state index contributed by atoms with van der Waals surface area (Å²) in [4.78, 5) is 13.4. The van der Waals surface area contributed by atoms with E-state index < -0.39 is 0 Å². The van der Waals surface area contributed by atoms with Crippen molar-refractivity contribution in [1.29, 1.82) is 0 Å². The molecule has 152 valence electrons. The van der Waals surface area contributed by atoms with Crippen molar-refractivity contribution in [3.05, 3.63) is 77.9 Å². The predicted molar refractivity (Wildman–Crippen MR) is 119 cm³/mol.